The quantitative estimate of drug-likeness (QED) is 0.222. The standard InChI is InChI=1S/C33H37BrN2O4/c1-22(24-15-17-29(34)18-16-24)36-33(40)30(27-13-11-26(12-14-27)25-5-3-2-4-6-25)21-23-7-9-28(10-8-23)32(39)35-20-19-31(37)38/h7-18,22,25,30H,2-6,19-21H2,1H3,(H,35,39)(H,36,40)(H,37,38). The van der Waals surface area contributed by atoms with Gasteiger partial charge in [-0.15, -0.1) is 0 Å². The number of aliphatic carboxylic acids is 1. The minimum absolute atomic E-state index is 0.0451. The first-order valence-corrected chi connectivity index (χ1v) is 14.8. The second kappa shape index (κ2) is 14.3. The molecule has 1 aliphatic carbocycles. The Labute approximate surface area is 244 Å². The molecule has 0 bridgehead atoms. The van der Waals surface area contributed by atoms with Crippen LogP contribution in [0.4, 0.5) is 0 Å². The first-order chi connectivity index (χ1) is 19.3. The minimum atomic E-state index is -0.957. The van der Waals surface area contributed by atoms with E-state index >= 15 is 0 Å². The van der Waals surface area contributed by atoms with E-state index in [4.69, 9.17) is 5.11 Å². The van der Waals surface area contributed by atoms with Gasteiger partial charge in [-0.05, 0) is 78.6 Å². The average molecular weight is 606 g/mol. The fourth-order valence-electron chi connectivity index (χ4n) is 5.36. The van der Waals surface area contributed by atoms with Crippen molar-refractivity contribution in [2.24, 2.45) is 0 Å². The third kappa shape index (κ3) is 8.28. The van der Waals surface area contributed by atoms with Crippen LogP contribution in [0.1, 0.15) is 95.9 Å². The van der Waals surface area contributed by atoms with E-state index in [2.05, 4.69) is 50.8 Å². The number of hydrogen-bond acceptors (Lipinski definition) is 3. The predicted molar refractivity (Wildman–Crippen MR) is 160 cm³/mol. The smallest absolute Gasteiger partial charge is 0.305 e. The maximum absolute atomic E-state index is 13.7. The molecule has 0 aliphatic heterocycles. The summed E-state index contributed by atoms with van der Waals surface area (Å²) in [7, 11) is 0. The number of carbonyl (C=O) groups excluding carboxylic acids is 2. The normalized spacial score (nSPS) is 15.2. The van der Waals surface area contributed by atoms with Crippen molar-refractivity contribution in [2.75, 3.05) is 6.54 Å². The Bertz CT molecular complexity index is 1280. The first-order valence-electron chi connectivity index (χ1n) is 14.0. The molecule has 1 saturated carbocycles. The van der Waals surface area contributed by atoms with Gasteiger partial charge in [-0.25, -0.2) is 0 Å². The van der Waals surface area contributed by atoms with Crippen molar-refractivity contribution in [2.45, 2.75) is 69.7 Å². The van der Waals surface area contributed by atoms with E-state index in [-0.39, 0.29) is 30.8 Å². The molecule has 0 aromatic heterocycles. The highest BCUT2D eigenvalue weighted by Gasteiger charge is 2.24. The molecule has 40 heavy (non-hydrogen) atoms. The van der Waals surface area contributed by atoms with Gasteiger partial charge in [0.2, 0.25) is 5.91 Å². The predicted octanol–water partition coefficient (Wildman–Crippen LogP) is 6.91. The highest BCUT2D eigenvalue weighted by molar-refractivity contribution is 9.10. The summed E-state index contributed by atoms with van der Waals surface area (Å²) in [6.07, 6.45) is 6.68. The van der Waals surface area contributed by atoms with Gasteiger partial charge in [0.25, 0.3) is 5.91 Å². The van der Waals surface area contributed by atoms with E-state index in [1.807, 2.05) is 43.3 Å². The Kier molecular flexibility index (Phi) is 10.5. The van der Waals surface area contributed by atoms with Gasteiger partial charge in [0.1, 0.15) is 0 Å². The van der Waals surface area contributed by atoms with Crippen LogP contribution < -0.4 is 10.6 Å². The molecule has 2 unspecified atom stereocenters. The number of carboxylic acids is 1. The average Bonchev–Trinajstić information content (AvgIpc) is 2.97. The van der Waals surface area contributed by atoms with E-state index in [1.165, 1.54) is 37.7 Å². The van der Waals surface area contributed by atoms with Crippen molar-refractivity contribution in [3.8, 4) is 0 Å². The third-order valence-corrected chi connectivity index (χ3v) is 8.27. The van der Waals surface area contributed by atoms with Crippen molar-refractivity contribution in [1.82, 2.24) is 10.6 Å². The molecule has 210 valence electrons. The zero-order valence-corrected chi connectivity index (χ0v) is 24.5. The molecule has 0 radical (unpaired) electrons. The summed E-state index contributed by atoms with van der Waals surface area (Å²) in [4.78, 5) is 36.8. The van der Waals surface area contributed by atoms with Gasteiger partial charge in [-0.2, -0.15) is 0 Å². The van der Waals surface area contributed by atoms with Gasteiger partial charge in [0.15, 0.2) is 0 Å². The van der Waals surface area contributed by atoms with Crippen molar-refractivity contribution in [1.29, 1.82) is 0 Å². The zero-order chi connectivity index (χ0) is 28.5. The lowest BCUT2D eigenvalue weighted by atomic mass is 9.83. The number of hydrogen-bond donors (Lipinski definition) is 3. The van der Waals surface area contributed by atoms with Gasteiger partial charge in [-0.1, -0.05) is 83.7 Å². The number of carbonyl (C=O) groups is 3. The fourth-order valence-corrected chi connectivity index (χ4v) is 5.62. The molecule has 3 aromatic rings. The molecule has 6 nitrogen and oxygen atoms in total. The Balaban J connectivity index is 1.51. The molecule has 0 saturated heterocycles. The SMILES string of the molecule is CC(NC(=O)C(Cc1ccc(C(=O)NCCC(=O)O)cc1)c1ccc(C2CCCCC2)cc1)c1ccc(Br)cc1. The molecular weight excluding hydrogens is 568 g/mol. The Hall–Kier alpha value is -3.45. The van der Waals surface area contributed by atoms with Gasteiger partial charge in [0.05, 0.1) is 18.4 Å². The summed E-state index contributed by atoms with van der Waals surface area (Å²) in [5.74, 6) is -1.11. The van der Waals surface area contributed by atoms with Crippen molar-refractivity contribution >= 4 is 33.7 Å². The van der Waals surface area contributed by atoms with Crippen LogP contribution in [0, 0.1) is 0 Å². The summed E-state index contributed by atoms with van der Waals surface area (Å²) < 4.78 is 0.990. The molecular formula is C33H37BrN2O4. The van der Waals surface area contributed by atoms with E-state index < -0.39 is 11.9 Å². The largest absolute Gasteiger partial charge is 0.481 e. The maximum atomic E-state index is 13.7. The monoisotopic (exact) mass is 604 g/mol. The van der Waals surface area contributed by atoms with E-state index in [0.717, 1.165) is 21.2 Å². The molecule has 7 heteroatoms. The van der Waals surface area contributed by atoms with Gasteiger partial charge in [0, 0.05) is 16.6 Å². The molecule has 3 N–H and O–H groups in total. The van der Waals surface area contributed by atoms with Crippen LogP contribution in [0.2, 0.25) is 0 Å². The number of rotatable bonds is 11. The van der Waals surface area contributed by atoms with Crippen LogP contribution in [-0.4, -0.2) is 29.4 Å². The molecule has 3 aromatic carbocycles. The number of amides is 2. The second-order valence-electron chi connectivity index (χ2n) is 10.6. The van der Waals surface area contributed by atoms with Crippen LogP contribution in [0.3, 0.4) is 0 Å². The molecule has 1 fully saturated rings. The molecule has 0 heterocycles. The lowest BCUT2D eigenvalue weighted by Gasteiger charge is -2.24. The zero-order valence-electron chi connectivity index (χ0n) is 22.9. The van der Waals surface area contributed by atoms with E-state index in [1.54, 1.807) is 12.1 Å². The number of halogens is 1. The van der Waals surface area contributed by atoms with Crippen LogP contribution in [0.5, 0.6) is 0 Å². The van der Waals surface area contributed by atoms with E-state index in [0.29, 0.717) is 17.9 Å². The lowest BCUT2D eigenvalue weighted by Crippen LogP contribution is -2.32. The Morgan fingerprint density at radius 2 is 1.50 bits per heavy atom. The summed E-state index contributed by atoms with van der Waals surface area (Å²) in [6, 6.07) is 23.5. The molecule has 1 aliphatic rings. The fraction of sp³-hybridized carbons (Fsp3) is 0.364. The van der Waals surface area contributed by atoms with Crippen molar-refractivity contribution in [3.63, 3.8) is 0 Å². The van der Waals surface area contributed by atoms with Crippen molar-refractivity contribution in [3.05, 3.63) is 105 Å². The Morgan fingerprint density at radius 3 is 2.12 bits per heavy atom. The lowest BCUT2D eigenvalue weighted by molar-refractivity contribution is -0.136. The number of nitrogens with one attached hydrogen (secondary N) is 2. The van der Waals surface area contributed by atoms with Gasteiger partial charge < -0.3 is 15.7 Å². The first kappa shape index (κ1) is 29.5. The minimum Gasteiger partial charge on any atom is -0.481 e. The van der Waals surface area contributed by atoms with Gasteiger partial charge >= 0.3 is 5.97 Å². The summed E-state index contributed by atoms with van der Waals surface area (Å²) in [6.45, 7) is 2.06. The molecule has 0 spiro atoms. The summed E-state index contributed by atoms with van der Waals surface area (Å²) >= 11 is 3.47. The topological polar surface area (TPSA) is 95.5 Å². The summed E-state index contributed by atoms with van der Waals surface area (Å²) in [5.41, 5.74) is 4.74. The molecule has 2 atom stereocenters. The highest BCUT2D eigenvalue weighted by Crippen LogP contribution is 2.34. The Morgan fingerprint density at radius 1 is 0.875 bits per heavy atom. The van der Waals surface area contributed by atoms with Gasteiger partial charge in [-0.3, -0.25) is 14.4 Å². The van der Waals surface area contributed by atoms with Crippen molar-refractivity contribution < 1.29 is 19.5 Å². The molecule has 4 rings (SSSR count). The number of benzene rings is 3. The third-order valence-electron chi connectivity index (χ3n) is 7.74. The number of carboxylic acid groups (broad SMARTS) is 1. The van der Waals surface area contributed by atoms with Crippen LogP contribution in [-0.2, 0) is 16.0 Å². The highest BCUT2D eigenvalue weighted by atomic mass is 79.9. The summed E-state index contributed by atoms with van der Waals surface area (Å²) in [5, 5.41) is 14.6. The maximum Gasteiger partial charge on any atom is 0.305 e. The molecule has 2 amide bonds. The van der Waals surface area contributed by atoms with E-state index in [9.17, 15) is 14.4 Å². The van der Waals surface area contributed by atoms with Crippen LogP contribution >= 0.6 is 15.9 Å². The van der Waals surface area contributed by atoms with Crippen LogP contribution in [0.25, 0.3) is 0 Å². The second-order valence-corrected chi connectivity index (χ2v) is 11.6. The van der Waals surface area contributed by atoms with Crippen LogP contribution in [0.15, 0.2) is 77.3 Å².